The van der Waals surface area contributed by atoms with Crippen molar-refractivity contribution in [3.05, 3.63) is 28.8 Å². The number of aliphatic hydroxyl groups is 2. The number of aromatic nitrogens is 1. The van der Waals surface area contributed by atoms with Crippen LogP contribution in [0.5, 0.6) is 0 Å². The minimum atomic E-state index is -1.28. The number of aliphatic hydroxyl groups excluding tert-OH is 2. The first kappa shape index (κ1) is 12.6. The Morgan fingerprint density at radius 2 is 2.13 bits per heavy atom. The van der Waals surface area contributed by atoms with E-state index >= 15 is 0 Å². The van der Waals surface area contributed by atoms with Crippen LogP contribution in [0.4, 0.5) is 4.39 Å². The Morgan fingerprint density at radius 1 is 1.47 bits per heavy atom. The van der Waals surface area contributed by atoms with E-state index in [9.17, 15) is 14.6 Å². The fraction of sp³-hybridized carbons (Fsp3) is 0.444. The molecule has 1 heterocycles. The molecule has 0 aromatic carbocycles. The van der Waals surface area contributed by atoms with Crippen molar-refractivity contribution in [3.8, 4) is 0 Å². The summed E-state index contributed by atoms with van der Waals surface area (Å²) in [6, 6.07) is 1.04. The summed E-state index contributed by atoms with van der Waals surface area (Å²) in [5, 5.41) is 19.0. The lowest BCUT2D eigenvalue weighted by Crippen LogP contribution is -2.19. The molecule has 15 heavy (non-hydrogen) atoms. The van der Waals surface area contributed by atoms with E-state index in [1.807, 2.05) is 0 Å². The Morgan fingerprint density at radius 3 is 2.73 bits per heavy atom. The van der Waals surface area contributed by atoms with Gasteiger partial charge in [0.1, 0.15) is 17.1 Å². The van der Waals surface area contributed by atoms with Crippen molar-refractivity contribution in [2.75, 3.05) is 5.88 Å². The second-order valence-corrected chi connectivity index (χ2v) is 3.76. The predicted molar refractivity (Wildman–Crippen MR) is 55.5 cm³/mol. The van der Waals surface area contributed by atoms with E-state index < -0.39 is 18.0 Å². The first-order valence-corrected chi connectivity index (χ1v) is 5.20. The number of halogens is 3. The van der Waals surface area contributed by atoms with Crippen LogP contribution in [0.25, 0.3) is 0 Å². The third kappa shape index (κ3) is 3.28. The van der Waals surface area contributed by atoms with Gasteiger partial charge in [-0.3, -0.25) is 0 Å². The second kappa shape index (κ2) is 5.61. The fourth-order valence-corrected chi connectivity index (χ4v) is 1.56. The lowest BCUT2D eigenvalue weighted by atomic mass is 10.0. The molecule has 84 valence electrons. The normalized spacial score (nSPS) is 15.0. The summed E-state index contributed by atoms with van der Waals surface area (Å²) in [6.07, 6.45) is -1.23. The number of rotatable bonds is 4. The second-order valence-electron chi connectivity index (χ2n) is 3.02. The van der Waals surface area contributed by atoms with Gasteiger partial charge in [-0.1, -0.05) is 11.6 Å². The molecule has 0 aliphatic carbocycles. The van der Waals surface area contributed by atoms with Gasteiger partial charge in [0.2, 0.25) is 0 Å². The van der Waals surface area contributed by atoms with Gasteiger partial charge in [-0.2, -0.15) is 0 Å². The molecule has 0 fully saturated rings. The van der Waals surface area contributed by atoms with E-state index in [0.717, 1.165) is 12.3 Å². The first-order chi connectivity index (χ1) is 7.06. The van der Waals surface area contributed by atoms with Gasteiger partial charge in [0, 0.05) is 11.4 Å². The molecule has 2 N–H and O–H groups in total. The zero-order valence-corrected chi connectivity index (χ0v) is 9.21. The molecule has 1 rings (SSSR count). The van der Waals surface area contributed by atoms with Crippen LogP contribution in [0.15, 0.2) is 12.3 Å². The lowest BCUT2D eigenvalue weighted by Gasteiger charge is -2.17. The van der Waals surface area contributed by atoms with Crippen LogP contribution in [0.3, 0.4) is 0 Å². The molecule has 6 heteroatoms. The molecule has 2 atom stereocenters. The molecule has 0 saturated carbocycles. The highest BCUT2D eigenvalue weighted by Gasteiger charge is 2.21. The van der Waals surface area contributed by atoms with E-state index in [0.29, 0.717) is 0 Å². The molecule has 0 saturated heterocycles. The number of nitrogens with zero attached hydrogens (tertiary/aromatic N) is 1. The Hall–Kier alpha value is -0.420. The topological polar surface area (TPSA) is 53.4 Å². The molecule has 0 amide bonds. The van der Waals surface area contributed by atoms with E-state index in [2.05, 4.69) is 4.98 Å². The molecule has 1 aromatic rings. The van der Waals surface area contributed by atoms with Gasteiger partial charge >= 0.3 is 0 Å². The van der Waals surface area contributed by atoms with Gasteiger partial charge in [0.25, 0.3) is 0 Å². The van der Waals surface area contributed by atoms with Gasteiger partial charge in [-0.25, -0.2) is 9.37 Å². The summed E-state index contributed by atoms with van der Waals surface area (Å²) in [6.45, 7) is 0. The van der Waals surface area contributed by atoms with Crippen molar-refractivity contribution in [2.24, 2.45) is 0 Å². The summed E-state index contributed by atoms with van der Waals surface area (Å²) < 4.78 is 12.8. The van der Waals surface area contributed by atoms with Crippen LogP contribution in [0.1, 0.15) is 18.1 Å². The third-order valence-corrected chi connectivity index (χ3v) is 2.45. The third-order valence-electron chi connectivity index (χ3n) is 1.92. The number of pyridine rings is 1. The molecule has 2 unspecified atom stereocenters. The molecule has 0 spiro atoms. The largest absolute Gasteiger partial charge is 0.390 e. The maximum Gasteiger partial charge on any atom is 0.141 e. The number of alkyl halides is 1. The smallest absolute Gasteiger partial charge is 0.141 e. The maximum atomic E-state index is 12.8. The molecule has 0 aliphatic heterocycles. The summed E-state index contributed by atoms with van der Waals surface area (Å²) >= 11 is 11.1. The van der Waals surface area contributed by atoms with Gasteiger partial charge in [-0.05, 0) is 12.5 Å². The van der Waals surface area contributed by atoms with Crippen LogP contribution in [0.2, 0.25) is 5.15 Å². The Kier molecular flexibility index (Phi) is 4.73. The summed E-state index contributed by atoms with van der Waals surface area (Å²) in [5.74, 6) is -0.426. The average Bonchev–Trinajstić information content (AvgIpc) is 2.21. The summed E-state index contributed by atoms with van der Waals surface area (Å²) in [4.78, 5) is 3.53. The van der Waals surface area contributed by atoms with Gasteiger partial charge in [-0.15, -0.1) is 11.6 Å². The van der Waals surface area contributed by atoms with Gasteiger partial charge in [0.05, 0.1) is 12.3 Å². The predicted octanol–water partition coefficient (Wildman–Crippen LogP) is 1.90. The standard InChI is InChI=1S/C9H10Cl2FNO2/c10-2-1-7(14)8(15)6-3-5(12)4-13-9(6)11/h3-4,7-8,14-15H,1-2H2. The zero-order chi connectivity index (χ0) is 11.4. The highest BCUT2D eigenvalue weighted by molar-refractivity contribution is 6.30. The Labute approximate surface area is 96.5 Å². The van der Waals surface area contributed by atoms with E-state index in [4.69, 9.17) is 23.2 Å². The number of hydrogen-bond donors (Lipinski definition) is 2. The van der Waals surface area contributed by atoms with Crippen molar-refractivity contribution in [3.63, 3.8) is 0 Å². The van der Waals surface area contributed by atoms with Crippen LogP contribution in [-0.2, 0) is 0 Å². The van der Waals surface area contributed by atoms with Gasteiger partial charge in [0.15, 0.2) is 0 Å². The molecule has 1 aromatic heterocycles. The molecular weight excluding hydrogens is 244 g/mol. The van der Waals surface area contributed by atoms with Crippen molar-refractivity contribution in [1.29, 1.82) is 0 Å². The molecule has 0 bridgehead atoms. The molecule has 0 aliphatic rings. The lowest BCUT2D eigenvalue weighted by molar-refractivity contribution is 0.0167. The zero-order valence-electron chi connectivity index (χ0n) is 7.70. The average molecular weight is 254 g/mol. The van der Waals surface area contributed by atoms with E-state index in [1.54, 1.807) is 0 Å². The van der Waals surface area contributed by atoms with E-state index in [1.165, 1.54) is 0 Å². The minimum Gasteiger partial charge on any atom is -0.390 e. The summed E-state index contributed by atoms with van der Waals surface area (Å²) in [5.41, 5.74) is 0.0642. The van der Waals surface area contributed by atoms with Gasteiger partial charge < -0.3 is 10.2 Å². The van der Waals surface area contributed by atoms with Crippen LogP contribution in [-0.4, -0.2) is 27.2 Å². The van der Waals surface area contributed by atoms with Crippen LogP contribution in [0, 0.1) is 5.82 Å². The first-order valence-electron chi connectivity index (χ1n) is 4.29. The highest BCUT2D eigenvalue weighted by atomic mass is 35.5. The monoisotopic (exact) mass is 253 g/mol. The van der Waals surface area contributed by atoms with Crippen molar-refractivity contribution < 1.29 is 14.6 Å². The highest BCUT2D eigenvalue weighted by Crippen LogP contribution is 2.25. The van der Waals surface area contributed by atoms with Crippen molar-refractivity contribution in [2.45, 2.75) is 18.6 Å². The van der Waals surface area contributed by atoms with Crippen molar-refractivity contribution in [1.82, 2.24) is 4.98 Å². The van der Waals surface area contributed by atoms with Crippen LogP contribution < -0.4 is 0 Å². The quantitative estimate of drug-likeness (QED) is 0.637. The molecular formula is C9H10Cl2FNO2. The Bertz CT molecular complexity index is 338. The maximum absolute atomic E-state index is 12.8. The Balaban J connectivity index is 2.89. The molecule has 3 nitrogen and oxygen atoms in total. The molecule has 0 radical (unpaired) electrons. The van der Waals surface area contributed by atoms with E-state index in [-0.39, 0.29) is 23.0 Å². The fourth-order valence-electron chi connectivity index (χ4n) is 1.12. The van der Waals surface area contributed by atoms with Crippen LogP contribution >= 0.6 is 23.2 Å². The summed E-state index contributed by atoms with van der Waals surface area (Å²) in [7, 11) is 0. The van der Waals surface area contributed by atoms with Crippen molar-refractivity contribution >= 4 is 23.2 Å². The number of hydrogen-bond acceptors (Lipinski definition) is 3. The SMILES string of the molecule is OC(CCCl)C(O)c1cc(F)cnc1Cl. The minimum absolute atomic E-state index is 0.0301.